The Kier molecular flexibility index (Phi) is 6.71. The largest absolute Gasteiger partial charge is 0.466 e. The summed E-state index contributed by atoms with van der Waals surface area (Å²) >= 11 is 0. The topological polar surface area (TPSA) is 96.9 Å². The van der Waals surface area contributed by atoms with Crippen LogP contribution in [0.25, 0.3) is 0 Å². The Morgan fingerprint density at radius 3 is 2.65 bits per heavy atom. The molecule has 31 heavy (non-hydrogen) atoms. The molecule has 1 aromatic heterocycles. The molecule has 0 spiro atoms. The number of morpholine rings is 1. The number of nitrogens with zero attached hydrogens (tertiary/aromatic N) is 4. The van der Waals surface area contributed by atoms with Gasteiger partial charge in [0.05, 0.1) is 30.8 Å². The number of aromatic nitrogens is 2. The van der Waals surface area contributed by atoms with Crippen molar-refractivity contribution in [3.63, 3.8) is 0 Å². The van der Waals surface area contributed by atoms with Crippen LogP contribution < -0.4 is 5.32 Å². The molecule has 170 valence electrons. The Morgan fingerprint density at radius 1 is 1.23 bits per heavy atom. The zero-order valence-corrected chi connectivity index (χ0v) is 18.5. The minimum atomic E-state index is -0.627. The SMILES string of the molecule is CCOC(=O)[C@@]12CC[C@H](N3CCOCC3)C[C@H]1CCN(C(=O)c1cnc(NC)nc1)C2. The summed E-state index contributed by atoms with van der Waals surface area (Å²) in [4.78, 5) is 39.0. The predicted molar refractivity (Wildman–Crippen MR) is 115 cm³/mol. The average Bonchev–Trinajstić information content (AvgIpc) is 2.83. The van der Waals surface area contributed by atoms with E-state index in [1.165, 1.54) is 0 Å². The Morgan fingerprint density at radius 2 is 1.97 bits per heavy atom. The lowest BCUT2D eigenvalue weighted by molar-refractivity contribution is -0.168. The van der Waals surface area contributed by atoms with Crippen LogP contribution in [-0.2, 0) is 14.3 Å². The quantitative estimate of drug-likeness (QED) is 0.699. The van der Waals surface area contributed by atoms with Crippen LogP contribution in [0.1, 0.15) is 43.0 Å². The lowest BCUT2D eigenvalue weighted by atomic mass is 9.61. The molecule has 1 aliphatic carbocycles. The van der Waals surface area contributed by atoms with Crippen molar-refractivity contribution in [1.29, 1.82) is 0 Å². The van der Waals surface area contributed by atoms with Crippen molar-refractivity contribution in [2.45, 2.75) is 38.6 Å². The molecule has 3 fully saturated rings. The van der Waals surface area contributed by atoms with Gasteiger partial charge in [0, 0.05) is 51.7 Å². The van der Waals surface area contributed by atoms with E-state index in [-0.39, 0.29) is 17.8 Å². The number of ether oxygens (including phenoxy) is 2. The normalized spacial score (nSPS) is 29.2. The number of anilines is 1. The van der Waals surface area contributed by atoms with Crippen LogP contribution in [0.3, 0.4) is 0 Å². The highest BCUT2D eigenvalue weighted by Gasteiger charge is 2.54. The molecule has 4 rings (SSSR count). The molecule has 3 atom stereocenters. The maximum absolute atomic E-state index is 13.2. The van der Waals surface area contributed by atoms with Gasteiger partial charge in [-0.1, -0.05) is 0 Å². The van der Waals surface area contributed by atoms with Crippen molar-refractivity contribution in [2.75, 3.05) is 58.4 Å². The van der Waals surface area contributed by atoms with E-state index in [9.17, 15) is 9.59 Å². The predicted octanol–water partition coefficient (Wildman–Crippen LogP) is 1.41. The molecular weight excluding hydrogens is 398 g/mol. The van der Waals surface area contributed by atoms with Crippen LogP contribution in [0.2, 0.25) is 0 Å². The van der Waals surface area contributed by atoms with E-state index in [0.717, 1.165) is 52.0 Å². The first kappa shape index (κ1) is 22.0. The Balaban J connectivity index is 1.51. The molecule has 0 aromatic carbocycles. The number of carbonyl (C=O) groups excluding carboxylic acids is 2. The Hall–Kier alpha value is -2.26. The van der Waals surface area contributed by atoms with E-state index < -0.39 is 5.41 Å². The Bertz CT molecular complexity index is 783. The molecule has 1 aromatic rings. The summed E-state index contributed by atoms with van der Waals surface area (Å²) in [5, 5.41) is 2.86. The minimum absolute atomic E-state index is 0.125. The molecule has 0 radical (unpaired) electrons. The van der Waals surface area contributed by atoms with Gasteiger partial charge in [-0.05, 0) is 38.5 Å². The second kappa shape index (κ2) is 9.48. The number of amides is 1. The Labute approximate surface area is 183 Å². The van der Waals surface area contributed by atoms with E-state index >= 15 is 0 Å². The van der Waals surface area contributed by atoms with Crippen molar-refractivity contribution in [3.8, 4) is 0 Å². The molecule has 2 aliphatic heterocycles. The molecule has 1 N–H and O–H groups in total. The van der Waals surface area contributed by atoms with Crippen LogP contribution in [0, 0.1) is 11.3 Å². The standard InChI is InChI=1S/C22H33N5O4/c1-3-31-20(29)22-6-4-18(26-8-10-30-11-9-26)12-17(22)5-7-27(15-22)19(28)16-13-24-21(23-2)25-14-16/h13-14,17-18H,3-12,15H2,1-2H3,(H,23,24,25)/t17-,18+,22-/m1/s1. The van der Waals surface area contributed by atoms with Crippen LogP contribution in [0.5, 0.6) is 0 Å². The van der Waals surface area contributed by atoms with Crippen molar-refractivity contribution >= 4 is 17.8 Å². The van der Waals surface area contributed by atoms with Gasteiger partial charge >= 0.3 is 5.97 Å². The summed E-state index contributed by atoms with van der Waals surface area (Å²) < 4.78 is 11.1. The number of nitrogens with one attached hydrogen (secondary N) is 1. The number of piperidine rings is 1. The molecule has 9 nitrogen and oxygen atoms in total. The fourth-order valence-corrected chi connectivity index (χ4v) is 5.44. The first-order valence-electron chi connectivity index (χ1n) is 11.4. The van der Waals surface area contributed by atoms with Gasteiger partial charge in [-0.15, -0.1) is 0 Å². The van der Waals surface area contributed by atoms with Gasteiger partial charge in [-0.25, -0.2) is 9.97 Å². The van der Waals surface area contributed by atoms with E-state index in [4.69, 9.17) is 9.47 Å². The number of fused-ring (bicyclic) bond motifs is 1. The first-order valence-corrected chi connectivity index (χ1v) is 11.4. The highest BCUT2D eigenvalue weighted by molar-refractivity contribution is 5.94. The summed E-state index contributed by atoms with van der Waals surface area (Å²) in [5.74, 6) is 0.416. The van der Waals surface area contributed by atoms with Crippen LogP contribution in [-0.4, -0.2) is 90.7 Å². The number of hydrogen-bond donors (Lipinski definition) is 1. The summed E-state index contributed by atoms with van der Waals surface area (Å²) in [6.45, 7) is 6.70. The smallest absolute Gasteiger partial charge is 0.314 e. The van der Waals surface area contributed by atoms with Gasteiger partial charge < -0.3 is 19.7 Å². The molecule has 3 heterocycles. The number of carbonyl (C=O) groups is 2. The van der Waals surface area contributed by atoms with Crippen molar-refractivity contribution in [1.82, 2.24) is 19.8 Å². The van der Waals surface area contributed by atoms with Crippen molar-refractivity contribution in [2.24, 2.45) is 11.3 Å². The number of likely N-dealkylation sites (tertiary alicyclic amines) is 1. The highest BCUT2D eigenvalue weighted by Crippen LogP contribution is 2.48. The second-order valence-electron chi connectivity index (χ2n) is 8.71. The first-order chi connectivity index (χ1) is 15.1. The third-order valence-electron chi connectivity index (χ3n) is 7.14. The molecule has 9 heteroatoms. The molecule has 1 saturated carbocycles. The van der Waals surface area contributed by atoms with Crippen molar-refractivity contribution < 1.29 is 19.1 Å². The molecule has 3 aliphatic rings. The number of rotatable bonds is 5. The van der Waals surface area contributed by atoms with Crippen molar-refractivity contribution in [3.05, 3.63) is 18.0 Å². The van der Waals surface area contributed by atoms with Gasteiger partial charge in [0.25, 0.3) is 5.91 Å². The van der Waals surface area contributed by atoms with Gasteiger partial charge in [0.15, 0.2) is 0 Å². The number of hydrogen-bond acceptors (Lipinski definition) is 8. The summed E-state index contributed by atoms with van der Waals surface area (Å²) in [7, 11) is 1.73. The molecule has 0 bridgehead atoms. The highest BCUT2D eigenvalue weighted by atomic mass is 16.5. The minimum Gasteiger partial charge on any atom is -0.466 e. The molecule has 2 saturated heterocycles. The van der Waals surface area contributed by atoms with Gasteiger partial charge in [-0.2, -0.15) is 0 Å². The van der Waals surface area contributed by atoms with Crippen LogP contribution >= 0.6 is 0 Å². The monoisotopic (exact) mass is 431 g/mol. The van der Waals surface area contributed by atoms with Gasteiger partial charge in [0.2, 0.25) is 5.95 Å². The van der Waals surface area contributed by atoms with Crippen LogP contribution in [0.4, 0.5) is 5.95 Å². The van der Waals surface area contributed by atoms with E-state index in [2.05, 4.69) is 20.2 Å². The zero-order chi connectivity index (χ0) is 21.8. The average molecular weight is 432 g/mol. The lowest BCUT2D eigenvalue weighted by Crippen LogP contribution is -2.59. The maximum atomic E-state index is 13.2. The maximum Gasteiger partial charge on any atom is 0.314 e. The molecule has 1 amide bonds. The van der Waals surface area contributed by atoms with E-state index in [1.54, 1.807) is 24.3 Å². The molecule has 0 unspecified atom stereocenters. The summed E-state index contributed by atoms with van der Waals surface area (Å²) in [6, 6.07) is 0.473. The second-order valence-corrected chi connectivity index (χ2v) is 8.71. The van der Waals surface area contributed by atoms with Crippen LogP contribution in [0.15, 0.2) is 12.4 Å². The van der Waals surface area contributed by atoms with Gasteiger partial charge in [-0.3, -0.25) is 14.5 Å². The third kappa shape index (κ3) is 4.39. The summed E-state index contributed by atoms with van der Waals surface area (Å²) in [5.41, 5.74) is -0.183. The third-order valence-corrected chi connectivity index (χ3v) is 7.14. The lowest BCUT2D eigenvalue weighted by Gasteiger charge is -2.52. The summed E-state index contributed by atoms with van der Waals surface area (Å²) in [6.07, 6.45) is 6.55. The van der Waals surface area contributed by atoms with Gasteiger partial charge in [0.1, 0.15) is 0 Å². The van der Waals surface area contributed by atoms with E-state index in [0.29, 0.717) is 37.3 Å². The molecular formula is C22H33N5O4. The van der Waals surface area contributed by atoms with E-state index in [1.807, 2.05) is 6.92 Å². The number of esters is 1. The fourth-order valence-electron chi connectivity index (χ4n) is 5.44. The fraction of sp³-hybridized carbons (Fsp3) is 0.727. The zero-order valence-electron chi connectivity index (χ0n) is 18.5.